The van der Waals surface area contributed by atoms with Crippen molar-refractivity contribution < 1.29 is 4.74 Å². The quantitative estimate of drug-likeness (QED) is 0.816. The molecule has 1 N–H and O–H groups in total. The van der Waals surface area contributed by atoms with Crippen molar-refractivity contribution in [2.45, 2.75) is 50.0 Å². The van der Waals surface area contributed by atoms with E-state index in [1.54, 1.807) is 0 Å². The summed E-state index contributed by atoms with van der Waals surface area (Å²) in [5.41, 5.74) is 0. The van der Waals surface area contributed by atoms with Gasteiger partial charge in [-0.15, -0.1) is 0 Å². The molecular weight excluding hydrogens is 220 g/mol. The van der Waals surface area contributed by atoms with Crippen molar-refractivity contribution in [2.75, 3.05) is 13.2 Å². The van der Waals surface area contributed by atoms with Crippen LogP contribution in [0.3, 0.4) is 0 Å². The minimum atomic E-state index is 0.494. The zero-order valence-electron chi connectivity index (χ0n) is 9.82. The summed E-state index contributed by atoms with van der Waals surface area (Å²) in [6.45, 7) is 3.95. The number of nitrogens with one attached hydrogen (secondary N) is 1. The number of hydrogen-bond donors (Lipinski definition) is 1. The number of hydrogen-bond acceptors (Lipinski definition) is 4. The van der Waals surface area contributed by atoms with Gasteiger partial charge in [0.25, 0.3) is 0 Å². The van der Waals surface area contributed by atoms with Crippen LogP contribution in [0.15, 0.2) is 4.99 Å². The van der Waals surface area contributed by atoms with Gasteiger partial charge in [0.1, 0.15) is 0 Å². The average Bonchev–Trinajstić information content (AvgIpc) is 2.97. The first-order valence-electron chi connectivity index (χ1n) is 6.44. The van der Waals surface area contributed by atoms with Crippen molar-refractivity contribution in [1.82, 2.24) is 5.32 Å². The van der Waals surface area contributed by atoms with Crippen LogP contribution < -0.4 is 5.32 Å². The first-order chi connectivity index (χ1) is 7.85. The SMILES string of the molecule is CCOC1CC(NC2=NCC(C3CC3)S2)C1. The van der Waals surface area contributed by atoms with Crippen LogP contribution in [0.4, 0.5) is 0 Å². The van der Waals surface area contributed by atoms with Crippen molar-refractivity contribution in [1.29, 1.82) is 0 Å². The molecule has 3 nitrogen and oxygen atoms in total. The zero-order valence-corrected chi connectivity index (χ0v) is 10.6. The molecule has 3 rings (SSSR count). The molecule has 3 aliphatic rings. The van der Waals surface area contributed by atoms with Gasteiger partial charge in [0.15, 0.2) is 5.17 Å². The molecular formula is C12H20N2OS. The first-order valence-corrected chi connectivity index (χ1v) is 7.32. The summed E-state index contributed by atoms with van der Waals surface area (Å²) in [6, 6.07) is 0.612. The van der Waals surface area contributed by atoms with Crippen LogP contribution in [-0.4, -0.2) is 35.7 Å². The molecule has 1 heterocycles. The molecule has 0 aromatic rings. The summed E-state index contributed by atoms with van der Waals surface area (Å²) < 4.78 is 5.56. The smallest absolute Gasteiger partial charge is 0.157 e. The van der Waals surface area contributed by atoms with Crippen molar-refractivity contribution in [2.24, 2.45) is 10.9 Å². The lowest BCUT2D eigenvalue weighted by atomic mass is 9.89. The van der Waals surface area contributed by atoms with E-state index >= 15 is 0 Å². The number of amidine groups is 1. The van der Waals surface area contributed by atoms with E-state index in [4.69, 9.17) is 4.74 Å². The average molecular weight is 240 g/mol. The summed E-state index contributed by atoms with van der Waals surface area (Å²) in [4.78, 5) is 4.60. The maximum absolute atomic E-state index is 5.56. The maximum Gasteiger partial charge on any atom is 0.157 e. The highest BCUT2D eigenvalue weighted by atomic mass is 32.2. The number of nitrogens with zero attached hydrogens (tertiary/aromatic N) is 1. The van der Waals surface area contributed by atoms with Gasteiger partial charge in [-0.2, -0.15) is 0 Å². The van der Waals surface area contributed by atoms with Crippen LogP contribution in [-0.2, 0) is 4.74 Å². The molecule has 0 spiro atoms. The van der Waals surface area contributed by atoms with E-state index in [-0.39, 0.29) is 0 Å². The molecule has 4 heteroatoms. The molecule has 0 aromatic heterocycles. The summed E-state index contributed by atoms with van der Waals surface area (Å²) in [5, 5.41) is 5.52. The second-order valence-corrected chi connectivity index (χ2v) is 6.26. The Labute approximate surface area is 101 Å². The van der Waals surface area contributed by atoms with Gasteiger partial charge >= 0.3 is 0 Å². The maximum atomic E-state index is 5.56. The molecule has 0 bridgehead atoms. The molecule has 1 aliphatic heterocycles. The minimum absolute atomic E-state index is 0.494. The number of thioether (sulfide) groups is 1. The van der Waals surface area contributed by atoms with E-state index in [0.29, 0.717) is 12.1 Å². The topological polar surface area (TPSA) is 33.6 Å². The van der Waals surface area contributed by atoms with Gasteiger partial charge in [-0.05, 0) is 38.5 Å². The van der Waals surface area contributed by atoms with Gasteiger partial charge in [0, 0.05) is 17.9 Å². The third-order valence-corrected chi connectivity index (χ3v) is 4.96. The molecule has 1 unspecified atom stereocenters. The largest absolute Gasteiger partial charge is 0.378 e. The number of rotatable bonds is 4. The van der Waals surface area contributed by atoms with Crippen molar-refractivity contribution in [3.05, 3.63) is 0 Å². The number of aliphatic imine (C=N–C) groups is 1. The van der Waals surface area contributed by atoms with Crippen LogP contribution in [0.25, 0.3) is 0 Å². The van der Waals surface area contributed by atoms with Crippen molar-refractivity contribution in [3.63, 3.8) is 0 Å². The molecule has 90 valence electrons. The third-order valence-electron chi connectivity index (χ3n) is 3.65. The second kappa shape index (κ2) is 4.57. The fourth-order valence-electron chi connectivity index (χ4n) is 2.41. The summed E-state index contributed by atoms with van der Waals surface area (Å²) in [7, 11) is 0. The highest BCUT2D eigenvalue weighted by molar-refractivity contribution is 8.14. The van der Waals surface area contributed by atoms with Gasteiger partial charge in [0.2, 0.25) is 0 Å². The van der Waals surface area contributed by atoms with Gasteiger partial charge < -0.3 is 10.1 Å². The highest BCUT2D eigenvalue weighted by Gasteiger charge is 2.37. The molecule has 0 radical (unpaired) electrons. The first kappa shape index (κ1) is 10.9. The Morgan fingerprint density at radius 3 is 2.94 bits per heavy atom. The Morgan fingerprint density at radius 1 is 1.44 bits per heavy atom. The molecule has 0 saturated heterocycles. The monoisotopic (exact) mass is 240 g/mol. The van der Waals surface area contributed by atoms with E-state index in [1.165, 1.54) is 18.0 Å². The normalized spacial score (nSPS) is 38.1. The van der Waals surface area contributed by atoms with Gasteiger partial charge in [-0.1, -0.05) is 11.8 Å². The fraction of sp³-hybridized carbons (Fsp3) is 0.917. The highest BCUT2D eigenvalue weighted by Crippen LogP contribution is 2.41. The standard InChI is InChI=1S/C12H20N2OS/c1-2-15-10-5-9(6-10)14-12-13-7-11(16-12)8-3-4-8/h8-11H,2-7H2,1H3,(H,13,14). The zero-order chi connectivity index (χ0) is 11.0. The molecule has 0 amide bonds. The molecule has 2 fully saturated rings. The molecule has 2 aliphatic carbocycles. The second-order valence-electron chi connectivity index (χ2n) is 5.03. The molecule has 16 heavy (non-hydrogen) atoms. The Hall–Kier alpha value is -0.220. The lowest BCUT2D eigenvalue weighted by molar-refractivity contribution is -0.00541. The fourth-order valence-corrected chi connectivity index (χ4v) is 3.70. The Morgan fingerprint density at radius 2 is 2.25 bits per heavy atom. The van der Waals surface area contributed by atoms with Crippen molar-refractivity contribution >= 4 is 16.9 Å². The molecule has 2 saturated carbocycles. The van der Waals surface area contributed by atoms with Gasteiger partial charge in [0.05, 0.1) is 12.6 Å². The third kappa shape index (κ3) is 2.38. The van der Waals surface area contributed by atoms with Crippen LogP contribution in [0, 0.1) is 5.92 Å². The Kier molecular flexibility index (Phi) is 3.11. The molecule has 1 atom stereocenters. The van der Waals surface area contributed by atoms with E-state index in [1.807, 2.05) is 11.8 Å². The van der Waals surface area contributed by atoms with E-state index in [9.17, 15) is 0 Å². The van der Waals surface area contributed by atoms with Crippen LogP contribution in [0.2, 0.25) is 0 Å². The predicted molar refractivity (Wildman–Crippen MR) is 68.0 cm³/mol. The Balaban J connectivity index is 1.37. The number of ether oxygens (including phenoxy) is 1. The van der Waals surface area contributed by atoms with E-state index in [0.717, 1.165) is 37.2 Å². The van der Waals surface area contributed by atoms with Gasteiger partial charge in [-0.3, -0.25) is 4.99 Å². The van der Waals surface area contributed by atoms with E-state index in [2.05, 4.69) is 17.2 Å². The van der Waals surface area contributed by atoms with Crippen LogP contribution >= 0.6 is 11.8 Å². The lowest BCUT2D eigenvalue weighted by Gasteiger charge is -2.35. The minimum Gasteiger partial charge on any atom is -0.378 e. The summed E-state index contributed by atoms with van der Waals surface area (Å²) >= 11 is 1.97. The lowest BCUT2D eigenvalue weighted by Crippen LogP contribution is -2.46. The summed E-state index contributed by atoms with van der Waals surface area (Å²) in [6.07, 6.45) is 5.66. The Bertz CT molecular complexity index is 285. The van der Waals surface area contributed by atoms with E-state index < -0.39 is 0 Å². The van der Waals surface area contributed by atoms with Crippen LogP contribution in [0.5, 0.6) is 0 Å². The van der Waals surface area contributed by atoms with Gasteiger partial charge in [-0.25, -0.2) is 0 Å². The summed E-state index contributed by atoms with van der Waals surface area (Å²) in [5.74, 6) is 0.964. The van der Waals surface area contributed by atoms with Crippen molar-refractivity contribution in [3.8, 4) is 0 Å². The van der Waals surface area contributed by atoms with Crippen LogP contribution in [0.1, 0.15) is 32.6 Å². The predicted octanol–water partition coefficient (Wildman–Crippen LogP) is 2.02. The molecule has 0 aromatic carbocycles.